The fourth-order valence-electron chi connectivity index (χ4n) is 8.76. The van der Waals surface area contributed by atoms with E-state index in [0.29, 0.717) is 25.2 Å². The van der Waals surface area contributed by atoms with E-state index in [0.717, 1.165) is 31.2 Å². The lowest BCUT2D eigenvalue weighted by Crippen LogP contribution is -2.60. The fourth-order valence-corrected chi connectivity index (χ4v) is 9.86. The Labute approximate surface area is 209 Å². The molecule has 0 saturated heterocycles. The molecule has 1 N–H and O–H groups in total. The fraction of sp³-hybridized carbons (Fsp3) is 0.714. The smallest absolute Gasteiger partial charge is 0.297 e. The van der Waals surface area contributed by atoms with Gasteiger partial charge in [-0.25, -0.2) is 0 Å². The van der Waals surface area contributed by atoms with Crippen LogP contribution in [0.5, 0.6) is 0 Å². The number of aryl methyl sites for hydroxylation is 1. The zero-order chi connectivity index (χ0) is 25.3. The molecule has 0 spiro atoms. The summed E-state index contributed by atoms with van der Waals surface area (Å²) in [6.45, 7) is 7.81. The van der Waals surface area contributed by atoms with Crippen molar-refractivity contribution in [3.63, 3.8) is 0 Å². The summed E-state index contributed by atoms with van der Waals surface area (Å²) >= 11 is 0. The third-order valence-corrected chi connectivity index (χ3v) is 11.7. The van der Waals surface area contributed by atoms with E-state index in [4.69, 9.17) is 4.18 Å². The van der Waals surface area contributed by atoms with Crippen LogP contribution in [0.1, 0.15) is 71.3 Å². The van der Waals surface area contributed by atoms with Crippen molar-refractivity contribution in [1.29, 1.82) is 0 Å². The van der Waals surface area contributed by atoms with E-state index in [-0.39, 0.29) is 45.5 Å². The predicted molar refractivity (Wildman–Crippen MR) is 131 cm³/mol. The van der Waals surface area contributed by atoms with Crippen LogP contribution in [0.25, 0.3) is 0 Å². The van der Waals surface area contributed by atoms with Gasteiger partial charge in [0.05, 0.1) is 11.0 Å². The summed E-state index contributed by atoms with van der Waals surface area (Å²) in [6.07, 6.45) is 3.11. The summed E-state index contributed by atoms with van der Waals surface area (Å²) in [4.78, 5) is 26.3. The Bertz CT molecular complexity index is 1130. The highest BCUT2D eigenvalue weighted by atomic mass is 32.2. The lowest BCUT2D eigenvalue weighted by Gasteiger charge is -2.60. The monoisotopic (exact) mass is 502 g/mol. The minimum absolute atomic E-state index is 0.0492. The van der Waals surface area contributed by atoms with Gasteiger partial charge < -0.3 is 5.11 Å². The van der Waals surface area contributed by atoms with Crippen LogP contribution < -0.4 is 0 Å². The number of aliphatic hydroxyl groups excluding tert-OH is 1. The highest BCUT2D eigenvalue weighted by Gasteiger charge is 2.64. The van der Waals surface area contributed by atoms with Crippen molar-refractivity contribution in [2.45, 2.75) is 89.7 Å². The minimum atomic E-state index is -4.04. The van der Waals surface area contributed by atoms with Crippen molar-refractivity contribution in [1.82, 2.24) is 0 Å². The largest absolute Gasteiger partial charge is 0.390 e. The first-order valence-corrected chi connectivity index (χ1v) is 14.5. The number of hydrogen-bond acceptors (Lipinski definition) is 6. The second kappa shape index (κ2) is 8.49. The van der Waals surface area contributed by atoms with Crippen molar-refractivity contribution in [3.8, 4) is 0 Å². The average molecular weight is 503 g/mol. The first-order chi connectivity index (χ1) is 16.4. The van der Waals surface area contributed by atoms with Gasteiger partial charge in [-0.1, -0.05) is 31.5 Å². The van der Waals surface area contributed by atoms with Gasteiger partial charge in [-0.15, -0.1) is 0 Å². The van der Waals surface area contributed by atoms with Crippen LogP contribution in [0.2, 0.25) is 0 Å². The number of carbonyl (C=O) groups excluding carboxylic acids is 2. The molecular formula is C28H38O6S. The van der Waals surface area contributed by atoms with Crippen molar-refractivity contribution in [2.24, 2.45) is 40.4 Å². The summed E-state index contributed by atoms with van der Waals surface area (Å²) in [5.74, 6) is 0.870. The molecular weight excluding hydrogens is 464 g/mol. The maximum atomic E-state index is 13.8. The predicted octanol–water partition coefficient (Wildman–Crippen LogP) is 4.47. The molecule has 4 aliphatic rings. The molecule has 4 fully saturated rings. The van der Waals surface area contributed by atoms with Crippen LogP contribution in [-0.2, 0) is 23.9 Å². The van der Waals surface area contributed by atoms with Crippen LogP contribution in [-0.4, -0.2) is 37.3 Å². The Hall–Kier alpha value is -1.57. The van der Waals surface area contributed by atoms with E-state index in [1.54, 1.807) is 19.1 Å². The molecule has 0 aromatic heterocycles. The molecule has 1 aromatic carbocycles. The third-order valence-electron chi connectivity index (χ3n) is 10.4. The zero-order valence-corrected chi connectivity index (χ0v) is 22.0. The van der Waals surface area contributed by atoms with E-state index in [1.165, 1.54) is 12.1 Å². The molecule has 0 bridgehead atoms. The first kappa shape index (κ1) is 25.1. The molecule has 35 heavy (non-hydrogen) atoms. The molecule has 192 valence electrons. The van der Waals surface area contributed by atoms with Crippen LogP contribution in [0.3, 0.4) is 0 Å². The number of aliphatic hydroxyl groups is 1. The number of ketones is 2. The van der Waals surface area contributed by atoms with Gasteiger partial charge in [0.1, 0.15) is 17.7 Å². The van der Waals surface area contributed by atoms with E-state index >= 15 is 0 Å². The third kappa shape index (κ3) is 3.93. The molecule has 4 aliphatic carbocycles. The van der Waals surface area contributed by atoms with Crippen LogP contribution in [0.4, 0.5) is 0 Å². The number of benzene rings is 1. The van der Waals surface area contributed by atoms with Gasteiger partial charge in [0, 0.05) is 18.3 Å². The van der Waals surface area contributed by atoms with Gasteiger partial charge in [0.15, 0.2) is 0 Å². The van der Waals surface area contributed by atoms with Crippen molar-refractivity contribution >= 4 is 21.7 Å². The number of rotatable bonds is 4. The summed E-state index contributed by atoms with van der Waals surface area (Å²) in [6, 6.07) is 6.50. The molecule has 4 saturated carbocycles. The SMILES string of the molecule is CC(=O)[C@H]1CC[C@H]2[C@@H]3CC[C@H]4C[C@H](O)[C@@H](OS(=O)(=O)c5ccc(C)cc5)C[C@]4(C)[C@H]3C(=O)C[C@]12C. The molecule has 9 atom stereocenters. The van der Waals surface area contributed by atoms with Crippen molar-refractivity contribution in [2.75, 3.05) is 0 Å². The summed E-state index contributed by atoms with van der Waals surface area (Å²) < 4.78 is 31.7. The lowest BCUT2D eigenvalue weighted by molar-refractivity contribution is -0.171. The summed E-state index contributed by atoms with van der Waals surface area (Å²) in [7, 11) is -4.04. The Morgan fingerprint density at radius 1 is 1.06 bits per heavy atom. The van der Waals surface area contributed by atoms with E-state index in [1.807, 2.05) is 6.92 Å². The molecule has 7 heteroatoms. The number of fused-ring (bicyclic) bond motifs is 5. The maximum Gasteiger partial charge on any atom is 0.297 e. The number of Topliss-reactive ketones (excluding diaryl/α,β-unsaturated/α-hetero) is 2. The topological polar surface area (TPSA) is 97.7 Å². The van der Waals surface area contributed by atoms with Gasteiger partial charge in [0.25, 0.3) is 10.1 Å². The van der Waals surface area contributed by atoms with Gasteiger partial charge in [-0.3, -0.25) is 13.8 Å². The normalized spacial score (nSPS) is 43.2. The quantitative estimate of drug-likeness (QED) is 0.610. The second-order valence-electron chi connectivity index (χ2n) is 12.3. The van der Waals surface area contributed by atoms with E-state index < -0.39 is 27.7 Å². The van der Waals surface area contributed by atoms with Gasteiger partial charge >= 0.3 is 0 Å². The van der Waals surface area contributed by atoms with Crippen LogP contribution in [0.15, 0.2) is 29.2 Å². The lowest BCUT2D eigenvalue weighted by atomic mass is 9.44. The Balaban J connectivity index is 1.43. The Morgan fingerprint density at radius 2 is 1.74 bits per heavy atom. The maximum absolute atomic E-state index is 13.8. The first-order valence-electron chi connectivity index (χ1n) is 13.1. The highest BCUT2D eigenvalue weighted by Crippen LogP contribution is 2.66. The van der Waals surface area contributed by atoms with Gasteiger partial charge in [0.2, 0.25) is 0 Å². The summed E-state index contributed by atoms with van der Waals surface area (Å²) in [5.41, 5.74) is 0.251. The molecule has 0 aliphatic heterocycles. The molecule has 0 amide bonds. The Kier molecular flexibility index (Phi) is 6.09. The Morgan fingerprint density at radius 3 is 2.40 bits per heavy atom. The van der Waals surface area contributed by atoms with Crippen molar-refractivity contribution in [3.05, 3.63) is 29.8 Å². The van der Waals surface area contributed by atoms with Gasteiger partial charge in [-0.2, -0.15) is 8.42 Å². The molecule has 1 aromatic rings. The summed E-state index contributed by atoms with van der Waals surface area (Å²) in [5, 5.41) is 10.9. The number of hydrogen-bond donors (Lipinski definition) is 1. The van der Waals surface area contributed by atoms with Crippen LogP contribution >= 0.6 is 0 Å². The molecule has 6 nitrogen and oxygen atoms in total. The molecule has 0 heterocycles. The van der Waals surface area contributed by atoms with Crippen molar-refractivity contribution < 1.29 is 27.3 Å². The van der Waals surface area contributed by atoms with E-state index in [9.17, 15) is 23.1 Å². The zero-order valence-electron chi connectivity index (χ0n) is 21.2. The average Bonchev–Trinajstić information content (AvgIpc) is 3.11. The molecule has 0 radical (unpaired) electrons. The van der Waals surface area contributed by atoms with Crippen LogP contribution in [0, 0.1) is 47.3 Å². The van der Waals surface area contributed by atoms with E-state index in [2.05, 4.69) is 13.8 Å². The second-order valence-corrected chi connectivity index (χ2v) is 13.9. The molecule has 0 unspecified atom stereocenters. The standard InChI is InChI=1S/C28H38O6S/c1-16-5-8-19(9-6-16)35(32,33)34-25-15-27(3)18(13-23(25)30)7-10-20-22-12-11-21(17(2)29)28(22,4)14-24(31)26(20)27/h5-6,8-9,18,20-23,25-26,30H,7,10-15H2,1-4H3/t18-,20-,21+,22-,23-,25-,26+,27-,28+/m0/s1. The van der Waals surface area contributed by atoms with Gasteiger partial charge in [-0.05, 0) is 93.1 Å². The minimum Gasteiger partial charge on any atom is -0.390 e. The molecule has 5 rings (SSSR count). The highest BCUT2D eigenvalue weighted by molar-refractivity contribution is 7.86. The number of carbonyl (C=O) groups is 2.